The van der Waals surface area contributed by atoms with E-state index in [4.69, 9.17) is 4.74 Å². The number of pyridine rings is 1. The summed E-state index contributed by atoms with van der Waals surface area (Å²) in [6.07, 6.45) is 1.55. The van der Waals surface area contributed by atoms with Crippen molar-refractivity contribution in [2.45, 2.75) is 6.54 Å². The molecule has 0 aliphatic carbocycles. The highest BCUT2D eigenvalue weighted by molar-refractivity contribution is 5.94. The summed E-state index contributed by atoms with van der Waals surface area (Å²) < 4.78 is 32.1. The summed E-state index contributed by atoms with van der Waals surface area (Å²) >= 11 is 0. The molecule has 126 valence electrons. The Balaban J connectivity index is 1.65. The zero-order valence-electron chi connectivity index (χ0n) is 13.1. The average Bonchev–Trinajstić information content (AvgIpc) is 2.61. The minimum atomic E-state index is -0.902. The first kappa shape index (κ1) is 16.6. The largest absolute Gasteiger partial charge is 0.439 e. The monoisotopic (exact) mass is 340 g/mol. The van der Waals surface area contributed by atoms with Crippen molar-refractivity contribution in [3.05, 3.63) is 89.6 Å². The third-order valence-electron chi connectivity index (χ3n) is 3.39. The topological polar surface area (TPSA) is 51.2 Å². The standard InChI is InChI=1S/C19H14F2N2O2/c20-14-6-7-16(17(21)11-14)19(24)23-12-13-8-9-22-18(10-13)25-15-4-2-1-3-5-15/h1-11H,12H2,(H,23,24). The second-order valence-electron chi connectivity index (χ2n) is 5.22. The summed E-state index contributed by atoms with van der Waals surface area (Å²) in [5.74, 6) is -1.23. The van der Waals surface area contributed by atoms with Crippen molar-refractivity contribution in [3.63, 3.8) is 0 Å². The van der Waals surface area contributed by atoms with Gasteiger partial charge in [-0.2, -0.15) is 0 Å². The van der Waals surface area contributed by atoms with Crippen molar-refractivity contribution in [3.8, 4) is 11.6 Å². The maximum absolute atomic E-state index is 13.6. The Hall–Kier alpha value is -3.28. The third-order valence-corrected chi connectivity index (χ3v) is 3.39. The van der Waals surface area contributed by atoms with E-state index in [1.54, 1.807) is 30.5 Å². The van der Waals surface area contributed by atoms with Gasteiger partial charge in [0.25, 0.3) is 5.91 Å². The molecule has 0 spiro atoms. The molecule has 25 heavy (non-hydrogen) atoms. The molecular weight excluding hydrogens is 326 g/mol. The smallest absolute Gasteiger partial charge is 0.254 e. The molecule has 4 nitrogen and oxygen atoms in total. The SMILES string of the molecule is O=C(NCc1ccnc(Oc2ccccc2)c1)c1ccc(F)cc1F. The molecule has 0 radical (unpaired) electrons. The Labute approximate surface area is 143 Å². The number of carbonyl (C=O) groups is 1. The molecule has 6 heteroatoms. The highest BCUT2D eigenvalue weighted by Gasteiger charge is 2.12. The Bertz CT molecular complexity index is 886. The fourth-order valence-corrected chi connectivity index (χ4v) is 2.18. The zero-order chi connectivity index (χ0) is 17.6. The van der Waals surface area contributed by atoms with Crippen LogP contribution in [-0.2, 0) is 6.54 Å². The zero-order valence-corrected chi connectivity index (χ0v) is 13.1. The molecule has 0 atom stereocenters. The van der Waals surface area contributed by atoms with Crippen LogP contribution in [0.25, 0.3) is 0 Å². The van der Waals surface area contributed by atoms with Gasteiger partial charge in [0.2, 0.25) is 5.88 Å². The number of carbonyl (C=O) groups excluding carboxylic acids is 1. The third kappa shape index (κ3) is 4.38. The fourth-order valence-electron chi connectivity index (χ4n) is 2.18. The quantitative estimate of drug-likeness (QED) is 0.761. The van der Waals surface area contributed by atoms with Crippen molar-refractivity contribution < 1.29 is 18.3 Å². The van der Waals surface area contributed by atoms with E-state index < -0.39 is 17.5 Å². The Kier molecular flexibility index (Phi) is 4.99. The first-order valence-electron chi connectivity index (χ1n) is 7.53. The predicted molar refractivity (Wildman–Crippen MR) is 88.3 cm³/mol. The fraction of sp³-hybridized carbons (Fsp3) is 0.0526. The number of rotatable bonds is 5. The molecule has 0 bridgehead atoms. The molecule has 2 aromatic carbocycles. The molecule has 3 aromatic rings. The van der Waals surface area contributed by atoms with Crippen LogP contribution in [-0.4, -0.2) is 10.9 Å². The lowest BCUT2D eigenvalue weighted by Crippen LogP contribution is -2.23. The normalized spacial score (nSPS) is 10.3. The van der Waals surface area contributed by atoms with Gasteiger partial charge in [-0.25, -0.2) is 13.8 Å². The van der Waals surface area contributed by atoms with Crippen LogP contribution in [0.1, 0.15) is 15.9 Å². The van der Waals surface area contributed by atoms with Gasteiger partial charge in [0, 0.05) is 24.9 Å². The number of ether oxygens (including phenoxy) is 1. The molecule has 0 fully saturated rings. The van der Waals surface area contributed by atoms with E-state index in [9.17, 15) is 13.6 Å². The summed E-state index contributed by atoms with van der Waals surface area (Å²) in [5, 5.41) is 2.58. The van der Waals surface area contributed by atoms with Gasteiger partial charge in [0.15, 0.2) is 0 Å². The summed E-state index contributed by atoms with van der Waals surface area (Å²) in [6.45, 7) is 0.156. The molecule has 1 amide bonds. The van der Waals surface area contributed by atoms with Crippen molar-refractivity contribution in [1.29, 1.82) is 0 Å². The summed E-state index contributed by atoms with van der Waals surface area (Å²) in [5.41, 5.74) is 0.521. The van der Waals surface area contributed by atoms with E-state index in [0.29, 0.717) is 17.7 Å². The Morgan fingerprint density at radius 3 is 2.60 bits per heavy atom. The van der Waals surface area contributed by atoms with E-state index in [1.807, 2.05) is 18.2 Å². The van der Waals surface area contributed by atoms with Crippen LogP contribution in [0.5, 0.6) is 11.6 Å². The van der Waals surface area contributed by atoms with Gasteiger partial charge in [-0.05, 0) is 35.9 Å². The van der Waals surface area contributed by atoms with Crippen molar-refractivity contribution in [1.82, 2.24) is 10.3 Å². The lowest BCUT2D eigenvalue weighted by molar-refractivity contribution is 0.0946. The molecule has 1 N–H and O–H groups in total. The summed E-state index contributed by atoms with van der Waals surface area (Å²) in [7, 11) is 0. The van der Waals surface area contributed by atoms with E-state index in [1.165, 1.54) is 0 Å². The molecule has 1 aromatic heterocycles. The Morgan fingerprint density at radius 1 is 1.04 bits per heavy atom. The average molecular weight is 340 g/mol. The number of amides is 1. The molecule has 3 rings (SSSR count). The molecule has 0 aliphatic rings. The van der Waals surface area contributed by atoms with Gasteiger partial charge >= 0.3 is 0 Å². The van der Waals surface area contributed by atoms with Crippen molar-refractivity contribution in [2.75, 3.05) is 0 Å². The number of nitrogens with one attached hydrogen (secondary N) is 1. The summed E-state index contributed by atoms with van der Waals surface area (Å²) in [4.78, 5) is 16.1. The number of hydrogen-bond donors (Lipinski definition) is 1. The van der Waals surface area contributed by atoms with Gasteiger partial charge in [-0.3, -0.25) is 4.79 Å². The Morgan fingerprint density at radius 2 is 1.84 bits per heavy atom. The van der Waals surface area contributed by atoms with Crippen LogP contribution in [0, 0.1) is 11.6 Å². The van der Waals surface area contributed by atoms with Crippen LogP contribution in [0.4, 0.5) is 8.78 Å². The number of nitrogens with zero attached hydrogens (tertiary/aromatic N) is 1. The number of aromatic nitrogens is 1. The van der Waals surface area contributed by atoms with E-state index in [2.05, 4.69) is 10.3 Å². The lowest BCUT2D eigenvalue weighted by atomic mass is 10.2. The van der Waals surface area contributed by atoms with Crippen LogP contribution in [0.3, 0.4) is 0 Å². The highest BCUT2D eigenvalue weighted by atomic mass is 19.1. The van der Waals surface area contributed by atoms with Gasteiger partial charge < -0.3 is 10.1 Å². The number of benzene rings is 2. The first-order valence-corrected chi connectivity index (χ1v) is 7.53. The highest BCUT2D eigenvalue weighted by Crippen LogP contribution is 2.19. The molecule has 0 saturated heterocycles. The second kappa shape index (κ2) is 7.53. The van der Waals surface area contributed by atoms with Crippen LogP contribution < -0.4 is 10.1 Å². The molecule has 0 saturated carbocycles. The van der Waals surface area contributed by atoms with Crippen LogP contribution in [0.2, 0.25) is 0 Å². The molecule has 0 aliphatic heterocycles. The number of para-hydroxylation sites is 1. The molecule has 0 unspecified atom stereocenters. The maximum atomic E-state index is 13.6. The van der Waals surface area contributed by atoms with Gasteiger partial charge in [0.1, 0.15) is 17.4 Å². The molecule has 1 heterocycles. The van der Waals surface area contributed by atoms with Crippen LogP contribution in [0.15, 0.2) is 66.9 Å². The second-order valence-corrected chi connectivity index (χ2v) is 5.22. The van der Waals surface area contributed by atoms with Crippen molar-refractivity contribution >= 4 is 5.91 Å². The maximum Gasteiger partial charge on any atom is 0.254 e. The summed E-state index contributed by atoms with van der Waals surface area (Å²) in [6, 6.07) is 15.4. The minimum Gasteiger partial charge on any atom is -0.439 e. The number of hydrogen-bond acceptors (Lipinski definition) is 3. The first-order chi connectivity index (χ1) is 12.1. The molecular formula is C19H14F2N2O2. The predicted octanol–water partition coefficient (Wildman–Crippen LogP) is 4.08. The lowest BCUT2D eigenvalue weighted by Gasteiger charge is -2.08. The number of halogens is 2. The van der Waals surface area contributed by atoms with Gasteiger partial charge in [-0.1, -0.05) is 18.2 Å². The van der Waals surface area contributed by atoms with Crippen molar-refractivity contribution in [2.24, 2.45) is 0 Å². The van der Waals surface area contributed by atoms with E-state index in [-0.39, 0.29) is 12.1 Å². The minimum absolute atomic E-state index is 0.156. The van der Waals surface area contributed by atoms with Crippen LogP contribution >= 0.6 is 0 Å². The van der Waals surface area contributed by atoms with E-state index in [0.717, 1.165) is 17.7 Å². The van der Waals surface area contributed by atoms with Gasteiger partial charge in [0.05, 0.1) is 5.56 Å². The van der Waals surface area contributed by atoms with E-state index >= 15 is 0 Å². The van der Waals surface area contributed by atoms with Gasteiger partial charge in [-0.15, -0.1) is 0 Å².